The van der Waals surface area contributed by atoms with Crippen LogP contribution in [0.1, 0.15) is 53.6 Å². The van der Waals surface area contributed by atoms with Crippen LogP contribution in [0.25, 0.3) is 0 Å². The van der Waals surface area contributed by atoms with Gasteiger partial charge in [0.1, 0.15) is 11.9 Å². The molecule has 25 heavy (non-hydrogen) atoms. The number of thiazole rings is 1. The van der Waals surface area contributed by atoms with Crippen molar-refractivity contribution in [2.75, 3.05) is 18.6 Å². The molecule has 0 bridgehead atoms. The Hall–Kier alpha value is -1.57. The molecule has 0 radical (unpaired) electrons. The lowest BCUT2D eigenvalue weighted by Gasteiger charge is -2.30. The molecule has 2 aromatic rings. The lowest BCUT2D eigenvalue weighted by Crippen LogP contribution is -2.36. The first-order valence-electron chi connectivity index (χ1n) is 8.33. The molecule has 0 aromatic carbocycles. The SMILES string of the molecule is COC(=O)c1sc(N2CCCCCC2CC(O)c2ccco2)nc1Cl. The van der Waals surface area contributed by atoms with Crippen LogP contribution in [0.15, 0.2) is 22.8 Å². The average Bonchev–Trinajstić information content (AvgIpc) is 3.21. The largest absolute Gasteiger partial charge is 0.467 e. The number of aliphatic hydroxyl groups excluding tert-OH is 1. The summed E-state index contributed by atoms with van der Waals surface area (Å²) in [5.41, 5.74) is 0. The molecule has 1 saturated heterocycles. The minimum absolute atomic E-state index is 0.107. The van der Waals surface area contributed by atoms with Gasteiger partial charge in [0.2, 0.25) is 0 Å². The van der Waals surface area contributed by atoms with E-state index in [9.17, 15) is 9.90 Å². The van der Waals surface area contributed by atoms with Crippen molar-refractivity contribution in [1.82, 2.24) is 4.98 Å². The highest BCUT2D eigenvalue weighted by Crippen LogP contribution is 2.35. The number of furan rings is 1. The zero-order chi connectivity index (χ0) is 17.8. The van der Waals surface area contributed by atoms with Crippen LogP contribution in [-0.2, 0) is 4.74 Å². The molecule has 0 aliphatic carbocycles. The Bertz CT molecular complexity index is 704. The zero-order valence-electron chi connectivity index (χ0n) is 14.0. The zero-order valence-corrected chi connectivity index (χ0v) is 15.6. The monoisotopic (exact) mass is 384 g/mol. The van der Waals surface area contributed by atoms with E-state index in [-0.39, 0.29) is 11.2 Å². The second-order valence-electron chi connectivity index (χ2n) is 6.07. The normalized spacial score (nSPS) is 19.5. The summed E-state index contributed by atoms with van der Waals surface area (Å²) in [4.78, 5) is 18.6. The summed E-state index contributed by atoms with van der Waals surface area (Å²) in [6.45, 7) is 0.819. The van der Waals surface area contributed by atoms with Gasteiger partial charge in [-0.2, -0.15) is 0 Å². The fourth-order valence-corrected chi connectivity index (χ4v) is 4.46. The number of methoxy groups -OCH3 is 1. The Morgan fingerprint density at radius 3 is 3.12 bits per heavy atom. The topological polar surface area (TPSA) is 75.8 Å². The Kier molecular flexibility index (Phi) is 5.98. The molecule has 2 aromatic heterocycles. The molecular formula is C17H21ClN2O4S. The van der Waals surface area contributed by atoms with E-state index in [2.05, 4.69) is 9.88 Å². The number of hydrogen-bond donors (Lipinski definition) is 1. The summed E-state index contributed by atoms with van der Waals surface area (Å²) in [6.07, 6.45) is 5.64. The van der Waals surface area contributed by atoms with E-state index in [4.69, 9.17) is 20.8 Å². The quantitative estimate of drug-likeness (QED) is 0.784. The molecule has 0 spiro atoms. The predicted octanol–water partition coefficient (Wildman–Crippen LogP) is 4.05. The summed E-state index contributed by atoms with van der Waals surface area (Å²) in [5, 5.41) is 11.3. The Morgan fingerprint density at radius 2 is 2.40 bits per heavy atom. The van der Waals surface area contributed by atoms with E-state index in [0.717, 1.165) is 32.2 Å². The van der Waals surface area contributed by atoms with Gasteiger partial charge in [0.25, 0.3) is 0 Å². The van der Waals surface area contributed by atoms with E-state index < -0.39 is 12.1 Å². The van der Waals surface area contributed by atoms with Crippen molar-refractivity contribution in [2.45, 2.75) is 44.2 Å². The van der Waals surface area contributed by atoms with Crippen LogP contribution in [0.3, 0.4) is 0 Å². The lowest BCUT2D eigenvalue weighted by atomic mass is 10.0. The first-order valence-corrected chi connectivity index (χ1v) is 9.52. The number of hydrogen-bond acceptors (Lipinski definition) is 7. The number of rotatable bonds is 5. The molecule has 1 fully saturated rings. The minimum Gasteiger partial charge on any atom is -0.467 e. The number of esters is 1. The van der Waals surface area contributed by atoms with Crippen LogP contribution in [0, 0.1) is 0 Å². The first kappa shape index (κ1) is 18.2. The average molecular weight is 385 g/mol. The molecule has 8 heteroatoms. The number of halogens is 1. The molecule has 1 aliphatic rings. The van der Waals surface area contributed by atoms with Gasteiger partial charge in [-0.3, -0.25) is 0 Å². The summed E-state index contributed by atoms with van der Waals surface area (Å²) in [6, 6.07) is 3.66. The Labute approximate surface area is 155 Å². The van der Waals surface area contributed by atoms with Crippen LogP contribution in [0.4, 0.5) is 5.13 Å². The summed E-state index contributed by atoms with van der Waals surface area (Å²) in [5.74, 6) is 0.0901. The summed E-state index contributed by atoms with van der Waals surface area (Å²) in [7, 11) is 1.33. The highest BCUT2D eigenvalue weighted by Gasteiger charge is 2.29. The van der Waals surface area contributed by atoms with E-state index >= 15 is 0 Å². The van der Waals surface area contributed by atoms with Crippen LogP contribution < -0.4 is 4.90 Å². The highest BCUT2D eigenvalue weighted by atomic mass is 35.5. The fourth-order valence-electron chi connectivity index (χ4n) is 3.16. The van der Waals surface area contributed by atoms with Crippen LogP contribution in [0.5, 0.6) is 0 Å². The third kappa shape index (κ3) is 4.16. The van der Waals surface area contributed by atoms with Gasteiger partial charge in [-0.25, -0.2) is 9.78 Å². The van der Waals surface area contributed by atoms with Crippen molar-refractivity contribution in [3.05, 3.63) is 34.2 Å². The van der Waals surface area contributed by atoms with Gasteiger partial charge in [-0.15, -0.1) is 0 Å². The van der Waals surface area contributed by atoms with Crippen molar-refractivity contribution in [1.29, 1.82) is 0 Å². The molecule has 1 aliphatic heterocycles. The predicted molar refractivity (Wildman–Crippen MR) is 96.4 cm³/mol. The van der Waals surface area contributed by atoms with Gasteiger partial charge < -0.3 is 19.2 Å². The summed E-state index contributed by atoms with van der Waals surface area (Å²) >= 11 is 7.36. The molecule has 0 saturated carbocycles. The lowest BCUT2D eigenvalue weighted by molar-refractivity contribution is 0.0606. The molecule has 2 atom stereocenters. The van der Waals surface area contributed by atoms with E-state index in [1.165, 1.54) is 18.4 Å². The first-order chi connectivity index (χ1) is 12.1. The number of aliphatic hydroxyl groups is 1. The van der Waals surface area contributed by atoms with Crippen LogP contribution in [0.2, 0.25) is 5.15 Å². The summed E-state index contributed by atoms with van der Waals surface area (Å²) < 4.78 is 10.1. The van der Waals surface area contributed by atoms with Gasteiger partial charge in [0, 0.05) is 19.0 Å². The Balaban J connectivity index is 1.82. The molecule has 6 nitrogen and oxygen atoms in total. The Morgan fingerprint density at radius 1 is 1.56 bits per heavy atom. The second kappa shape index (κ2) is 8.21. The molecular weight excluding hydrogens is 364 g/mol. The number of carbonyl (C=O) groups is 1. The minimum atomic E-state index is -0.670. The second-order valence-corrected chi connectivity index (χ2v) is 7.41. The third-order valence-electron chi connectivity index (χ3n) is 4.44. The molecule has 3 rings (SSSR count). The molecule has 2 unspecified atom stereocenters. The molecule has 3 heterocycles. The van der Waals surface area contributed by atoms with E-state index in [0.29, 0.717) is 22.2 Å². The maximum atomic E-state index is 11.8. The van der Waals surface area contributed by atoms with Crippen molar-refractivity contribution < 1.29 is 19.1 Å². The van der Waals surface area contributed by atoms with E-state index in [1.807, 2.05) is 0 Å². The maximum absolute atomic E-state index is 11.8. The number of nitrogens with zero attached hydrogens (tertiary/aromatic N) is 2. The van der Waals surface area contributed by atoms with Crippen molar-refractivity contribution >= 4 is 34.0 Å². The molecule has 136 valence electrons. The molecule has 0 amide bonds. The maximum Gasteiger partial charge on any atom is 0.351 e. The fraction of sp³-hybridized carbons (Fsp3) is 0.529. The van der Waals surface area contributed by atoms with Gasteiger partial charge in [-0.1, -0.05) is 35.8 Å². The van der Waals surface area contributed by atoms with Gasteiger partial charge >= 0.3 is 5.97 Å². The van der Waals surface area contributed by atoms with Crippen molar-refractivity contribution in [2.24, 2.45) is 0 Å². The van der Waals surface area contributed by atoms with Crippen molar-refractivity contribution in [3.8, 4) is 0 Å². The van der Waals surface area contributed by atoms with Crippen molar-refractivity contribution in [3.63, 3.8) is 0 Å². The third-order valence-corrected chi connectivity index (χ3v) is 5.89. The van der Waals surface area contributed by atoms with E-state index in [1.54, 1.807) is 18.4 Å². The number of carbonyl (C=O) groups excluding carboxylic acids is 1. The number of aromatic nitrogens is 1. The van der Waals surface area contributed by atoms with Gasteiger partial charge in [0.05, 0.1) is 13.4 Å². The van der Waals surface area contributed by atoms with Crippen LogP contribution >= 0.6 is 22.9 Å². The van der Waals surface area contributed by atoms with Gasteiger partial charge in [-0.05, 0) is 25.0 Å². The smallest absolute Gasteiger partial charge is 0.351 e. The van der Waals surface area contributed by atoms with Crippen LogP contribution in [-0.4, -0.2) is 35.8 Å². The standard InChI is InChI=1S/C17H21ClN2O4S/c1-23-16(22)14-15(18)19-17(25-14)20-8-4-2-3-6-11(20)10-12(21)13-7-5-9-24-13/h5,7,9,11-12,21H,2-4,6,8,10H2,1H3. The number of ether oxygens (including phenoxy) is 1. The number of anilines is 1. The van der Waals surface area contributed by atoms with Gasteiger partial charge in [0.15, 0.2) is 15.2 Å². The molecule has 1 N–H and O–H groups in total. The highest BCUT2D eigenvalue weighted by molar-refractivity contribution is 7.18.